The quantitative estimate of drug-likeness (QED) is 0.464. The molecule has 0 aliphatic heterocycles. The minimum absolute atomic E-state index is 0.154. The summed E-state index contributed by atoms with van der Waals surface area (Å²) in [5.41, 5.74) is 11.6. The van der Waals surface area contributed by atoms with Crippen LogP contribution in [0.25, 0.3) is 34.4 Å². The van der Waals surface area contributed by atoms with Crippen molar-refractivity contribution in [1.82, 2.24) is 0 Å². The molecule has 3 aromatic rings. The van der Waals surface area contributed by atoms with E-state index in [-0.39, 0.29) is 6.42 Å². The summed E-state index contributed by atoms with van der Waals surface area (Å²) in [7, 11) is 0. The van der Waals surface area contributed by atoms with E-state index in [9.17, 15) is 19.8 Å². The second-order valence-electron chi connectivity index (χ2n) is 7.04. The maximum absolute atomic E-state index is 11.3. The Morgan fingerprint density at radius 1 is 0.871 bits per heavy atom. The number of aliphatic carboxylic acids is 2. The zero-order valence-corrected chi connectivity index (χ0v) is 16.9. The third-order valence-electron chi connectivity index (χ3n) is 5.03. The van der Waals surface area contributed by atoms with Gasteiger partial charge in [-0.05, 0) is 51.4 Å². The molecule has 0 amide bonds. The minimum Gasteiger partial charge on any atom is -0.480 e. The van der Waals surface area contributed by atoms with Crippen LogP contribution in [0.5, 0.6) is 0 Å². The van der Waals surface area contributed by atoms with E-state index < -0.39 is 18.0 Å². The van der Waals surface area contributed by atoms with Crippen LogP contribution in [0.2, 0.25) is 0 Å². The molecule has 4 N–H and O–H groups in total. The second kappa shape index (κ2) is 9.69. The van der Waals surface area contributed by atoms with Crippen molar-refractivity contribution in [3.05, 3.63) is 96.1 Å². The summed E-state index contributed by atoms with van der Waals surface area (Å²) >= 11 is 0. The topological polar surface area (TPSA) is 101 Å². The second-order valence-corrected chi connectivity index (χ2v) is 7.04. The summed E-state index contributed by atoms with van der Waals surface area (Å²) in [5, 5.41) is 18.5. The fraction of sp³-hybridized carbons (Fsp3) is 0.0769. The highest BCUT2D eigenvalue weighted by Crippen LogP contribution is 2.37. The molecule has 0 spiro atoms. The average molecular weight is 413 g/mol. The van der Waals surface area contributed by atoms with E-state index in [4.69, 9.17) is 5.73 Å². The average Bonchev–Trinajstić information content (AvgIpc) is 2.77. The van der Waals surface area contributed by atoms with Gasteiger partial charge in [-0.3, -0.25) is 4.79 Å². The molecule has 0 aromatic heterocycles. The van der Waals surface area contributed by atoms with Crippen molar-refractivity contribution < 1.29 is 19.8 Å². The number of nitrogens with two attached hydrogens (primary N) is 1. The van der Waals surface area contributed by atoms with E-state index in [0.29, 0.717) is 0 Å². The largest absolute Gasteiger partial charge is 0.480 e. The first-order chi connectivity index (χ1) is 14.9. The summed E-state index contributed by atoms with van der Waals surface area (Å²) in [4.78, 5) is 22.6. The van der Waals surface area contributed by atoms with Crippen LogP contribution in [-0.4, -0.2) is 28.2 Å². The van der Waals surface area contributed by atoms with Crippen LogP contribution in [-0.2, 0) is 16.0 Å². The van der Waals surface area contributed by atoms with Crippen molar-refractivity contribution in [1.29, 1.82) is 0 Å². The monoisotopic (exact) mass is 413 g/mol. The first-order valence-corrected chi connectivity index (χ1v) is 9.75. The summed E-state index contributed by atoms with van der Waals surface area (Å²) < 4.78 is 0. The standard InChI is InChI=1S/C26H23NO4/c1-2-17-8-3-5-10-19(17)21-12-7-13-22(23(21)14-15-25(28)29)20-11-6-4-9-18(20)16-24(27)26(30)31/h2-15,24H,1,16,27H2,(H,28,29)(H,30,31)/b15-14+/t24-/m0/s1. The molecule has 5 nitrogen and oxygen atoms in total. The number of rotatable bonds is 8. The SMILES string of the molecule is C=Cc1ccccc1-c1cccc(-c2ccccc2C[C@H](N)C(=O)O)c1/C=C/C(=O)O. The summed E-state index contributed by atoms with van der Waals surface area (Å²) in [5.74, 6) is -2.13. The molecule has 1 atom stereocenters. The lowest BCUT2D eigenvalue weighted by atomic mass is 9.87. The Morgan fingerprint density at radius 2 is 1.45 bits per heavy atom. The van der Waals surface area contributed by atoms with Gasteiger partial charge >= 0.3 is 11.9 Å². The summed E-state index contributed by atoms with van der Waals surface area (Å²) in [6, 6.07) is 19.8. The predicted molar refractivity (Wildman–Crippen MR) is 123 cm³/mol. The fourth-order valence-corrected chi connectivity index (χ4v) is 3.57. The molecule has 0 aliphatic carbocycles. The molecule has 0 bridgehead atoms. The Labute approximate surface area is 180 Å². The van der Waals surface area contributed by atoms with Crippen molar-refractivity contribution in [2.24, 2.45) is 5.73 Å². The number of hydrogen-bond acceptors (Lipinski definition) is 3. The lowest BCUT2D eigenvalue weighted by molar-refractivity contribution is -0.138. The highest BCUT2D eigenvalue weighted by Gasteiger charge is 2.18. The van der Waals surface area contributed by atoms with Gasteiger partial charge in [-0.25, -0.2) is 4.79 Å². The summed E-state index contributed by atoms with van der Waals surface area (Å²) in [6.07, 6.45) is 4.58. The van der Waals surface area contributed by atoms with Gasteiger partial charge in [0.05, 0.1) is 0 Å². The molecule has 0 heterocycles. The van der Waals surface area contributed by atoms with Crippen LogP contribution in [0, 0.1) is 0 Å². The number of hydrogen-bond donors (Lipinski definition) is 3. The Hall–Kier alpha value is -3.96. The maximum atomic E-state index is 11.3. The number of carboxylic acids is 2. The lowest BCUT2D eigenvalue weighted by Crippen LogP contribution is -2.32. The molecule has 0 fully saturated rings. The maximum Gasteiger partial charge on any atom is 0.328 e. The molecule has 156 valence electrons. The zero-order chi connectivity index (χ0) is 22.4. The van der Waals surface area contributed by atoms with Crippen LogP contribution in [0.3, 0.4) is 0 Å². The van der Waals surface area contributed by atoms with Crippen LogP contribution in [0.1, 0.15) is 16.7 Å². The number of carbonyl (C=O) groups is 2. The molecule has 0 radical (unpaired) electrons. The molecule has 31 heavy (non-hydrogen) atoms. The minimum atomic E-state index is -1.07. The van der Waals surface area contributed by atoms with Crippen molar-refractivity contribution in [3.63, 3.8) is 0 Å². The van der Waals surface area contributed by atoms with Crippen LogP contribution in [0.4, 0.5) is 0 Å². The zero-order valence-electron chi connectivity index (χ0n) is 16.9. The third-order valence-corrected chi connectivity index (χ3v) is 5.03. The van der Waals surface area contributed by atoms with Crippen LogP contribution < -0.4 is 5.73 Å². The Morgan fingerprint density at radius 3 is 2.10 bits per heavy atom. The Balaban J connectivity index is 2.26. The van der Waals surface area contributed by atoms with E-state index >= 15 is 0 Å². The normalized spacial score (nSPS) is 11.9. The molecule has 0 unspecified atom stereocenters. The third kappa shape index (κ3) is 4.97. The van der Waals surface area contributed by atoms with Gasteiger partial charge in [0.2, 0.25) is 0 Å². The van der Waals surface area contributed by atoms with Gasteiger partial charge in [0.15, 0.2) is 0 Å². The van der Waals surface area contributed by atoms with Gasteiger partial charge in [-0.1, -0.05) is 79.4 Å². The van der Waals surface area contributed by atoms with Gasteiger partial charge in [-0.2, -0.15) is 0 Å². The fourth-order valence-electron chi connectivity index (χ4n) is 3.57. The molecule has 5 heteroatoms. The number of benzene rings is 3. The highest BCUT2D eigenvalue weighted by atomic mass is 16.4. The molecule has 0 saturated carbocycles. The van der Waals surface area contributed by atoms with E-state index in [1.807, 2.05) is 66.7 Å². The van der Waals surface area contributed by atoms with Crippen molar-refractivity contribution in [2.45, 2.75) is 12.5 Å². The van der Waals surface area contributed by atoms with Gasteiger partial charge in [0, 0.05) is 6.08 Å². The van der Waals surface area contributed by atoms with Crippen molar-refractivity contribution >= 4 is 24.1 Å². The lowest BCUT2D eigenvalue weighted by Gasteiger charge is -2.18. The first kappa shape index (κ1) is 21.7. The Bertz CT molecular complexity index is 1160. The van der Waals surface area contributed by atoms with Crippen molar-refractivity contribution in [3.8, 4) is 22.3 Å². The predicted octanol–water partition coefficient (Wildman–Crippen LogP) is 4.72. The van der Waals surface area contributed by atoms with Crippen LogP contribution >= 0.6 is 0 Å². The number of carboxylic acid groups (broad SMARTS) is 2. The molecule has 0 saturated heterocycles. The summed E-state index contributed by atoms with van der Waals surface area (Å²) in [6.45, 7) is 3.88. The Kier molecular flexibility index (Phi) is 6.80. The van der Waals surface area contributed by atoms with E-state index in [1.165, 1.54) is 0 Å². The first-order valence-electron chi connectivity index (χ1n) is 9.75. The van der Waals surface area contributed by atoms with E-state index in [0.717, 1.165) is 45.0 Å². The van der Waals surface area contributed by atoms with E-state index in [1.54, 1.807) is 12.2 Å². The highest BCUT2D eigenvalue weighted by molar-refractivity contribution is 5.94. The van der Waals surface area contributed by atoms with E-state index in [2.05, 4.69) is 6.58 Å². The smallest absolute Gasteiger partial charge is 0.328 e. The van der Waals surface area contributed by atoms with Crippen molar-refractivity contribution in [2.75, 3.05) is 0 Å². The van der Waals surface area contributed by atoms with Gasteiger partial charge in [0.1, 0.15) is 6.04 Å². The molecule has 3 aromatic carbocycles. The van der Waals surface area contributed by atoms with Crippen LogP contribution in [0.15, 0.2) is 79.4 Å². The molecular weight excluding hydrogens is 390 g/mol. The molecular formula is C26H23NO4. The van der Waals surface area contributed by atoms with Gasteiger partial charge in [-0.15, -0.1) is 0 Å². The van der Waals surface area contributed by atoms with Gasteiger partial charge < -0.3 is 15.9 Å². The van der Waals surface area contributed by atoms with Gasteiger partial charge in [0.25, 0.3) is 0 Å². The molecule has 3 rings (SSSR count). The molecule has 0 aliphatic rings.